The lowest BCUT2D eigenvalue weighted by Gasteiger charge is -2.17. The molecule has 1 unspecified atom stereocenters. The average molecular weight is 397 g/mol. The maximum atomic E-state index is 5.82. The molecule has 2 aliphatic rings. The van der Waals surface area contributed by atoms with Gasteiger partial charge in [-0.25, -0.2) is 0 Å². The average Bonchev–Trinajstić information content (AvgIpc) is 3.33. The lowest BCUT2D eigenvalue weighted by Crippen LogP contribution is -2.26. The van der Waals surface area contributed by atoms with Crippen LogP contribution in [0.2, 0.25) is 0 Å². The zero-order valence-electron chi connectivity index (χ0n) is 16.6. The van der Waals surface area contributed by atoms with Gasteiger partial charge in [0.25, 0.3) is 0 Å². The van der Waals surface area contributed by atoms with Crippen LogP contribution < -0.4 is 5.43 Å². The van der Waals surface area contributed by atoms with Gasteiger partial charge in [0.1, 0.15) is 0 Å². The third-order valence-electron chi connectivity index (χ3n) is 5.43. The minimum Gasteiger partial charge on any atom is -0.376 e. The first-order chi connectivity index (χ1) is 13.7. The van der Waals surface area contributed by atoms with Crippen molar-refractivity contribution in [3.8, 4) is 0 Å². The van der Waals surface area contributed by atoms with Crippen molar-refractivity contribution in [2.45, 2.75) is 45.8 Å². The molecule has 2 aliphatic heterocycles. The summed E-state index contributed by atoms with van der Waals surface area (Å²) in [6, 6.07) is 12.7. The van der Waals surface area contributed by atoms with Crippen molar-refractivity contribution >= 4 is 22.6 Å². The van der Waals surface area contributed by atoms with Gasteiger partial charge in [0, 0.05) is 42.4 Å². The maximum absolute atomic E-state index is 5.82. The zero-order valence-corrected chi connectivity index (χ0v) is 17.5. The Hall–Kier alpha value is -2.05. The second-order valence-corrected chi connectivity index (χ2v) is 8.38. The summed E-state index contributed by atoms with van der Waals surface area (Å²) in [5.41, 5.74) is 9.35. The quantitative estimate of drug-likeness (QED) is 0.805. The number of rotatable bonds is 6. The van der Waals surface area contributed by atoms with Crippen LogP contribution in [0.5, 0.6) is 0 Å². The Balaban J connectivity index is 1.38. The van der Waals surface area contributed by atoms with Crippen molar-refractivity contribution in [2.24, 2.45) is 10.1 Å². The van der Waals surface area contributed by atoms with Crippen molar-refractivity contribution in [3.05, 3.63) is 58.9 Å². The van der Waals surface area contributed by atoms with Crippen molar-refractivity contribution in [2.75, 3.05) is 18.9 Å². The van der Waals surface area contributed by atoms with E-state index in [0.717, 1.165) is 49.2 Å². The van der Waals surface area contributed by atoms with E-state index < -0.39 is 0 Å². The normalized spacial score (nSPS) is 21.0. The number of aromatic nitrogens is 1. The van der Waals surface area contributed by atoms with Gasteiger partial charge in [-0.15, -0.1) is 0 Å². The Kier molecular flexibility index (Phi) is 6.17. The predicted molar refractivity (Wildman–Crippen MR) is 117 cm³/mol. The molecule has 1 atom stereocenters. The highest BCUT2D eigenvalue weighted by Crippen LogP contribution is 2.23. The Morgan fingerprint density at radius 3 is 2.86 bits per heavy atom. The molecule has 1 saturated heterocycles. The molecular weight excluding hydrogens is 368 g/mol. The summed E-state index contributed by atoms with van der Waals surface area (Å²) in [6.45, 7) is 6.98. The Labute approximate surface area is 171 Å². The van der Waals surface area contributed by atoms with Crippen molar-refractivity contribution in [3.63, 3.8) is 0 Å². The molecule has 0 bridgehead atoms. The fraction of sp³-hybridized carbons (Fsp3) is 0.455. The predicted octanol–water partition coefficient (Wildman–Crippen LogP) is 3.92. The van der Waals surface area contributed by atoms with Gasteiger partial charge in [0.05, 0.1) is 11.8 Å². The Bertz CT molecular complexity index is 866. The molecule has 1 N–H and O–H groups in total. The number of ether oxygens (including phenoxy) is 1. The van der Waals surface area contributed by atoms with Crippen molar-refractivity contribution in [1.82, 2.24) is 9.99 Å². The van der Waals surface area contributed by atoms with E-state index in [4.69, 9.17) is 4.74 Å². The summed E-state index contributed by atoms with van der Waals surface area (Å²) in [6.07, 6.45) is 3.64. The number of aliphatic imine (C=N–C) groups is 1. The molecule has 0 spiro atoms. The van der Waals surface area contributed by atoms with E-state index in [0.29, 0.717) is 6.10 Å². The number of nitrogens with zero attached hydrogens (tertiary/aromatic N) is 3. The van der Waals surface area contributed by atoms with Gasteiger partial charge >= 0.3 is 0 Å². The van der Waals surface area contributed by atoms with Gasteiger partial charge in [0.15, 0.2) is 5.17 Å². The van der Waals surface area contributed by atoms with Crippen LogP contribution >= 0.6 is 11.8 Å². The molecule has 148 valence electrons. The SMILES string of the molecule is Cc1cc(C2=NNC(=NCCc3ccccc3)SC2)c(C)n1CC1CCCO1. The number of nitrogens with one attached hydrogen (secondary N) is 1. The van der Waals surface area contributed by atoms with Crippen LogP contribution in [0.25, 0.3) is 0 Å². The summed E-state index contributed by atoms with van der Waals surface area (Å²) in [7, 11) is 0. The molecule has 28 heavy (non-hydrogen) atoms. The number of hydrogen-bond acceptors (Lipinski definition) is 4. The number of hydrazone groups is 1. The number of amidine groups is 1. The zero-order chi connectivity index (χ0) is 19.3. The summed E-state index contributed by atoms with van der Waals surface area (Å²) in [5, 5.41) is 5.53. The van der Waals surface area contributed by atoms with Crippen LogP contribution in [-0.4, -0.2) is 40.5 Å². The molecule has 1 aromatic heterocycles. The van der Waals surface area contributed by atoms with Gasteiger partial charge in [-0.05, 0) is 44.7 Å². The van der Waals surface area contributed by atoms with Crippen LogP contribution in [0.15, 0.2) is 46.5 Å². The molecule has 4 rings (SSSR count). The van der Waals surface area contributed by atoms with Crippen molar-refractivity contribution in [1.29, 1.82) is 0 Å². The molecular formula is C22H28N4OS. The molecule has 0 radical (unpaired) electrons. The molecule has 6 heteroatoms. The Morgan fingerprint density at radius 2 is 2.14 bits per heavy atom. The van der Waals surface area contributed by atoms with Crippen LogP contribution in [-0.2, 0) is 17.7 Å². The molecule has 0 amide bonds. The van der Waals surface area contributed by atoms with Crippen LogP contribution in [0, 0.1) is 13.8 Å². The van der Waals surface area contributed by atoms with E-state index in [1.165, 1.54) is 28.9 Å². The first-order valence-corrected chi connectivity index (χ1v) is 11.0. The smallest absolute Gasteiger partial charge is 0.177 e. The van der Waals surface area contributed by atoms with Crippen LogP contribution in [0.1, 0.15) is 35.4 Å². The summed E-state index contributed by atoms with van der Waals surface area (Å²) in [5.74, 6) is 0.849. The fourth-order valence-electron chi connectivity index (χ4n) is 3.83. The lowest BCUT2D eigenvalue weighted by molar-refractivity contribution is 0.0962. The molecule has 3 heterocycles. The summed E-state index contributed by atoms with van der Waals surface area (Å²) in [4.78, 5) is 4.66. The van der Waals surface area contributed by atoms with Gasteiger partial charge in [-0.1, -0.05) is 42.1 Å². The maximum Gasteiger partial charge on any atom is 0.177 e. The van der Waals surface area contributed by atoms with Crippen LogP contribution in [0.3, 0.4) is 0 Å². The largest absolute Gasteiger partial charge is 0.376 e. The molecule has 0 saturated carbocycles. The first-order valence-electron chi connectivity index (χ1n) is 10.0. The van der Waals surface area contributed by atoms with E-state index in [1.54, 1.807) is 11.8 Å². The molecule has 5 nitrogen and oxygen atoms in total. The van der Waals surface area contributed by atoms with Gasteiger partial charge in [-0.3, -0.25) is 10.4 Å². The number of benzene rings is 1. The monoisotopic (exact) mass is 396 g/mol. The highest BCUT2D eigenvalue weighted by Gasteiger charge is 2.22. The summed E-state index contributed by atoms with van der Waals surface area (Å²) >= 11 is 1.73. The van der Waals surface area contributed by atoms with E-state index in [9.17, 15) is 0 Å². The fourth-order valence-corrected chi connectivity index (χ4v) is 4.62. The first kappa shape index (κ1) is 19.3. The second kappa shape index (κ2) is 8.97. The van der Waals surface area contributed by atoms with Gasteiger partial charge in [0.2, 0.25) is 0 Å². The number of thioether (sulfide) groups is 1. The molecule has 1 aromatic carbocycles. The van der Waals surface area contributed by atoms with Crippen molar-refractivity contribution < 1.29 is 4.74 Å². The molecule has 2 aromatic rings. The third-order valence-corrected chi connectivity index (χ3v) is 6.34. The Morgan fingerprint density at radius 1 is 1.29 bits per heavy atom. The van der Waals surface area contributed by atoms with E-state index in [1.807, 2.05) is 6.07 Å². The van der Waals surface area contributed by atoms with E-state index >= 15 is 0 Å². The topological polar surface area (TPSA) is 50.9 Å². The summed E-state index contributed by atoms with van der Waals surface area (Å²) < 4.78 is 8.20. The highest BCUT2D eigenvalue weighted by atomic mass is 32.2. The van der Waals surface area contributed by atoms with Gasteiger partial charge < -0.3 is 9.30 Å². The standard InChI is InChI=1S/C22H28N4OS/c1-16-13-20(17(2)26(16)14-19-9-6-12-27-19)21-15-28-22(25-24-21)23-11-10-18-7-4-3-5-8-18/h3-5,7-8,13,19H,6,9-12,14-15H2,1-2H3,(H,23,25). The molecule has 1 fully saturated rings. The second-order valence-electron chi connectivity index (χ2n) is 7.41. The van der Waals surface area contributed by atoms with Crippen LogP contribution in [0.4, 0.5) is 0 Å². The minimum absolute atomic E-state index is 0.349. The highest BCUT2D eigenvalue weighted by molar-refractivity contribution is 8.14. The van der Waals surface area contributed by atoms with E-state index in [2.05, 4.69) is 64.3 Å². The van der Waals surface area contributed by atoms with E-state index in [-0.39, 0.29) is 0 Å². The minimum atomic E-state index is 0.349. The number of aryl methyl sites for hydroxylation is 1. The molecule has 0 aliphatic carbocycles. The number of hydrogen-bond donors (Lipinski definition) is 1. The third kappa shape index (κ3) is 4.50. The lowest BCUT2D eigenvalue weighted by atomic mass is 10.1. The van der Waals surface area contributed by atoms with Gasteiger partial charge in [-0.2, -0.15) is 5.10 Å².